The summed E-state index contributed by atoms with van der Waals surface area (Å²) in [6.07, 6.45) is 1.22. The van der Waals surface area contributed by atoms with Crippen LogP contribution in [0.1, 0.15) is 114 Å². The van der Waals surface area contributed by atoms with Crippen molar-refractivity contribution in [3.05, 3.63) is 88.5 Å². The first-order valence-corrected chi connectivity index (χ1v) is 22.6. The van der Waals surface area contributed by atoms with Crippen LogP contribution in [-0.4, -0.2) is 40.8 Å². The predicted molar refractivity (Wildman–Crippen MR) is 197 cm³/mol. The van der Waals surface area contributed by atoms with Gasteiger partial charge in [-0.05, 0) is 0 Å². The number of carbonyl (C=O) groups is 1. The van der Waals surface area contributed by atoms with Gasteiger partial charge in [-0.3, -0.25) is 0 Å². The molecule has 5 nitrogen and oxygen atoms in total. The van der Waals surface area contributed by atoms with E-state index in [1.807, 2.05) is 28.9 Å². The minimum absolute atomic E-state index is 0.288. The second-order valence-electron chi connectivity index (χ2n) is 12.9. The molecule has 0 unspecified atom stereocenters. The van der Waals surface area contributed by atoms with E-state index in [1.165, 1.54) is 39.8 Å². The number of hydrogen-bond acceptors (Lipinski definition) is 5. The fourth-order valence-corrected chi connectivity index (χ4v) is 12.1. The first kappa shape index (κ1) is 36.2. The molecule has 8 heteroatoms. The standard InChI is InChI=1S/C27H38N2.C11H11NO2.2ClH.Ru/c1-18(2)22-11-9-12-23(19(3)4)26(22)28-15-16-29(17-28)27-24(20(5)6)13-10-14-25(27)21(7)8;1-3-14-11(13)8-12-10-7-5-4-6-9(10)2;;;/h9-14,18-21H,15-16H2,1-8H3;2,4-8H,3H2,1H3;2*1H;/q;;;;+2/p-2. The van der Waals surface area contributed by atoms with E-state index in [9.17, 15) is 4.79 Å². The van der Waals surface area contributed by atoms with Crippen molar-refractivity contribution in [3.8, 4) is 0 Å². The van der Waals surface area contributed by atoms with Crippen molar-refractivity contribution >= 4 is 57.6 Å². The van der Waals surface area contributed by atoms with E-state index in [0.717, 1.165) is 23.0 Å². The van der Waals surface area contributed by atoms with Crippen LogP contribution >= 0.6 is 19.4 Å². The number of carbonyl (C=O) groups excluding carboxylic acids is 1. The molecule has 1 heterocycles. The van der Waals surface area contributed by atoms with Crippen LogP contribution in [0.3, 0.4) is 0 Å². The van der Waals surface area contributed by atoms with E-state index < -0.39 is 17.9 Å². The van der Waals surface area contributed by atoms with Crippen LogP contribution in [0.15, 0.2) is 65.7 Å². The predicted octanol–water partition coefficient (Wildman–Crippen LogP) is 10.2. The maximum absolute atomic E-state index is 12.1. The minimum atomic E-state index is -3.88. The Bertz CT molecular complexity index is 1580. The molecule has 3 aromatic rings. The Balaban J connectivity index is 2.11. The van der Waals surface area contributed by atoms with Gasteiger partial charge < -0.3 is 0 Å². The van der Waals surface area contributed by atoms with Gasteiger partial charge in [-0.15, -0.1) is 0 Å². The summed E-state index contributed by atoms with van der Waals surface area (Å²) >= 11 is -3.88. The van der Waals surface area contributed by atoms with Gasteiger partial charge in [-0.2, -0.15) is 0 Å². The van der Waals surface area contributed by atoms with E-state index in [0.29, 0.717) is 29.4 Å². The first-order valence-electron chi connectivity index (χ1n) is 16.2. The number of ether oxygens (including phenoxy) is 1. The Labute approximate surface area is 286 Å². The van der Waals surface area contributed by atoms with Crippen molar-refractivity contribution in [2.24, 2.45) is 4.99 Å². The Morgan fingerprint density at radius 1 is 0.761 bits per heavy atom. The topological polar surface area (TPSA) is 45.1 Å². The summed E-state index contributed by atoms with van der Waals surface area (Å²) in [4.78, 5) is 21.5. The third-order valence-corrected chi connectivity index (χ3v) is 13.7. The average Bonchev–Trinajstić information content (AvgIpc) is 3.45. The molecule has 46 heavy (non-hydrogen) atoms. The number of aliphatic imine (C=N–C) groups is 1. The summed E-state index contributed by atoms with van der Waals surface area (Å²) in [7, 11) is 15.6. The van der Waals surface area contributed by atoms with Gasteiger partial charge >= 0.3 is 288 Å². The fourth-order valence-electron chi connectivity index (χ4n) is 6.01. The van der Waals surface area contributed by atoms with Crippen LogP contribution < -0.4 is 9.80 Å². The second kappa shape index (κ2) is 15.5. The molecular formula is C38H49Cl2N3O2Ru. The second-order valence-corrected chi connectivity index (χ2v) is 22.1. The SMILES string of the molecule is CCOC(=O)C=Nc1ccccc1[CH]=[Ru]([Cl])([Cl])=[C]1N(c2c(C(C)C)cccc2C(C)C)CCN1c1c(C(C)C)cccc1C(C)C. The fraction of sp³-hybridized carbons (Fsp3) is 0.421. The zero-order valence-corrected chi connectivity index (χ0v) is 31.9. The van der Waals surface area contributed by atoms with Crippen LogP contribution in [-0.2, 0) is 21.4 Å². The number of halogens is 2. The number of benzene rings is 3. The Hall–Kier alpha value is -2.66. The summed E-state index contributed by atoms with van der Waals surface area (Å²) in [5.74, 6) is 0.757. The summed E-state index contributed by atoms with van der Waals surface area (Å²) in [6, 6.07) is 21.0. The summed E-state index contributed by atoms with van der Waals surface area (Å²) in [5, 5.41) is 0. The number of hydrogen-bond donors (Lipinski definition) is 0. The van der Waals surface area contributed by atoms with E-state index in [4.69, 9.17) is 24.1 Å². The molecule has 0 saturated carbocycles. The van der Waals surface area contributed by atoms with Crippen molar-refractivity contribution in [1.82, 2.24) is 0 Å². The quantitative estimate of drug-likeness (QED) is 0.118. The van der Waals surface area contributed by atoms with Crippen LogP contribution in [0.4, 0.5) is 17.1 Å². The normalized spacial score (nSPS) is 14.5. The maximum atomic E-state index is 12.1. The first-order chi connectivity index (χ1) is 21.8. The molecule has 0 aromatic heterocycles. The third-order valence-electron chi connectivity index (χ3n) is 8.19. The molecule has 0 spiro atoms. The molecular weight excluding hydrogens is 702 g/mol. The van der Waals surface area contributed by atoms with Crippen LogP contribution in [0.5, 0.6) is 0 Å². The molecule has 0 radical (unpaired) electrons. The van der Waals surface area contributed by atoms with Gasteiger partial charge in [0.2, 0.25) is 0 Å². The van der Waals surface area contributed by atoms with E-state index in [1.54, 1.807) is 6.92 Å². The number of nitrogens with zero attached hydrogens (tertiary/aromatic N) is 3. The van der Waals surface area contributed by atoms with Crippen molar-refractivity contribution < 1.29 is 21.4 Å². The molecule has 0 aliphatic carbocycles. The zero-order chi connectivity index (χ0) is 33.8. The van der Waals surface area contributed by atoms with Gasteiger partial charge in [0, 0.05) is 0 Å². The van der Waals surface area contributed by atoms with E-state index in [-0.39, 0.29) is 6.61 Å². The van der Waals surface area contributed by atoms with Crippen molar-refractivity contribution in [3.63, 3.8) is 0 Å². The molecule has 1 fully saturated rings. The molecule has 0 atom stereocenters. The number of esters is 1. The molecule has 3 aromatic carbocycles. The average molecular weight is 752 g/mol. The van der Waals surface area contributed by atoms with Crippen LogP contribution in [0.25, 0.3) is 0 Å². The Kier molecular flexibility index (Phi) is 12.2. The molecule has 0 amide bonds. The summed E-state index contributed by atoms with van der Waals surface area (Å²) in [5.41, 5.74) is 8.99. The number of rotatable bonds is 10. The van der Waals surface area contributed by atoms with Crippen molar-refractivity contribution in [1.29, 1.82) is 0 Å². The molecule has 1 saturated heterocycles. The molecule has 0 bridgehead atoms. The molecule has 1 aliphatic rings. The summed E-state index contributed by atoms with van der Waals surface area (Å²) < 4.78 is 8.07. The van der Waals surface area contributed by atoms with Gasteiger partial charge in [0.1, 0.15) is 0 Å². The molecule has 0 N–H and O–H groups in total. The van der Waals surface area contributed by atoms with Crippen LogP contribution in [0.2, 0.25) is 0 Å². The third kappa shape index (κ3) is 7.89. The Morgan fingerprint density at radius 3 is 1.61 bits per heavy atom. The van der Waals surface area contributed by atoms with Gasteiger partial charge in [0.15, 0.2) is 0 Å². The molecule has 4 rings (SSSR count). The monoisotopic (exact) mass is 751 g/mol. The van der Waals surface area contributed by atoms with E-state index in [2.05, 4.69) is 107 Å². The van der Waals surface area contributed by atoms with Gasteiger partial charge in [0.05, 0.1) is 0 Å². The number of anilines is 2. The van der Waals surface area contributed by atoms with Crippen LogP contribution in [0, 0.1) is 0 Å². The number of para-hydroxylation sites is 3. The molecule has 250 valence electrons. The van der Waals surface area contributed by atoms with E-state index >= 15 is 0 Å². The van der Waals surface area contributed by atoms with Crippen molar-refractivity contribution in [2.45, 2.75) is 86.0 Å². The Morgan fingerprint density at radius 2 is 1.20 bits per heavy atom. The summed E-state index contributed by atoms with van der Waals surface area (Å²) in [6.45, 7) is 21.6. The zero-order valence-electron chi connectivity index (χ0n) is 28.6. The molecule has 1 aliphatic heterocycles. The van der Waals surface area contributed by atoms with Gasteiger partial charge in [0.25, 0.3) is 0 Å². The van der Waals surface area contributed by atoms with Gasteiger partial charge in [-0.1, -0.05) is 0 Å². The van der Waals surface area contributed by atoms with Gasteiger partial charge in [-0.25, -0.2) is 0 Å². The van der Waals surface area contributed by atoms with Crippen molar-refractivity contribution in [2.75, 3.05) is 29.5 Å².